The Morgan fingerprint density at radius 1 is 0.944 bits per heavy atom. The SMILES string of the molecule is CCCCN(CCCC)c1ccccc1OCC. The van der Waals surface area contributed by atoms with Crippen LogP contribution in [0.2, 0.25) is 0 Å². The van der Waals surface area contributed by atoms with Crippen LogP contribution in [0, 0.1) is 0 Å². The number of para-hydroxylation sites is 2. The highest BCUT2D eigenvalue weighted by Crippen LogP contribution is 2.28. The van der Waals surface area contributed by atoms with Gasteiger partial charge in [0.1, 0.15) is 5.75 Å². The molecule has 18 heavy (non-hydrogen) atoms. The van der Waals surface area contributed by atoms with E-state index in [0.29, 0.717) is 0 Å². The summed E-state index contributed by atoms with van der Waals surface area (Å²) >= 11 is 0. The first kappa shape index (κ1) is 14.9. The number of ether oxygens (including phenoxy) is 1. The van der Waals surface area contributed by atoms with Crippen LogP contribution < -0.4 is 9.64 Å². The van der Waals surface area contributed by atoms with E-state index in [4.69, 9.17) is 4.74 Å². The first-order chi connectivity index (χ1) is 8.83. The van der Waals surface area contributed by atoms with E-state index in [-0.39, 0.29) is 0 Å². The van der Waals surface area contributed by atoms with Crippen LogP contribution in [-0.4, -0.2) is 19.7 Å². The smallest absolute Gasteiger partial charge is 0.142 e. The fraction of sp³-hybridized carbons (Fsp3) is 0.625. The molecule has 0 saturated carbocycles. The lowest BCUT2D eigenvalue weighted by atomic mass is 10.2. The predicted octanol–water partition coefficient (Wildman–Crippen LogP) is 4.49. The lowest BCUT2D eigenvalue weighted by Crippen LogP contribution is -2.26. The van der Waals surface area contributed by atoms with Gasteiger partial charge in [0, 0.05) is 13.1 Å². The Labute approximate surface area is 112 Å². The zero-order valence-electron chi connectivity index (χ0n) is 12.1. The molecule has 0 unspecified atom stereocenters. The molecule has 0 bridgehead atoms. The minimum absolute atomic E-state index is 0.729. The van der Waals surface area contributed by atoms with Crippen LogP contribution >= 0.6 is 0 Å². The molecule has 2 nitrogen and oxygen atoms in total. The maximum Gasteiger partial charge on any atom is 0.142 e. The standard InChI is InChI=1S/C16H27NO/c1-4-7-13-17(14-8-5-2)15-11-9-10-12-16(15)18-6-3/h9-12H,4-8,13-14H2,1-3H3. The van der Waals surface area contributed by atoms with Crippen LogP contribution in [0.15, 0.2) is 24.3 Å². The van der Waals surface area contributed by atoms with Gasteiger partial charge in [-0.1, -0.05) is 38.8 Å². The Hall–Kier alpha value is -1.18. The van der Waals surface area contributed by atoms with Gasteiger partial charge in [0.2, 0.25) is 0 Å². The third-order valence-electron chi connectivity index (χ3n) is 3.07. The molecule has 0 amide bonds. The van der Waals surface area contributed by atoms with E-state index < -0.39 is 0 Å². The van der Waals surface area contributed by atoms with Gasteiger partial charge in [0.15, 0.2) is 0 Å². The lowest BCUT2D eigenvalue weighted by molar-refractivity contribution is 0.340. The first-order valence-corrected chi connectivity index (χ1v) is 7.30. The molecular weight excluding hydrogens is 222 g/mol. The second-order valence-electron chi connectivity index (χ2n) is 4.59. The van der Waals surface area contributed by atoms with Crippen LogP contribution in [0.5, 0.6) is 5.75 Å². The van der Waals surface area contributed by atoms with Gasteiger partial charge < -0.3 is 9.64 Å². The van der Waals surface area contributed by atoms with E-state index in [1.807, 2.05) is 13.0 Å². The molecule has 0 fully saturated rings. The second-order valence-corrected chi connectivity index (χ2v) is 4.59. The molecule has 0 heterocycles. The molecule has 0 radical (unpaired) electrons. The summed E-state index contributed by atoms with van der Waals surface area (Å²) in [6.45, 7) is 9.51. The molecule has 102 valence electrons. The van der Waals surface area contributed by atoms with Gasteiger partial charge in [-0.15, -0.1) is 0 Å². The van der Waals surface area contributed by atoms with Crippen molar-refractivity contribution < 1.29 is 4.74 Å². The van der Waals surface area contributed by atoms with Crippen molar-refractivity contribution in [1.82, 2.24) is 0 Å². The van der Waals surface area contributed by atoms with Crippen molar-refractivity contribution in [2.75, 3.05) is 24.6 Å². The molecule has 0 aliphatic rings. The third kappa shape index (κ3) is 4.59. The topological polar surface area (TPSA) is 12.5 Å². The molecule has 1 aromatic rings. The van der Waals surface area contributed by atoms with Crippen LogP contribution in [0.4, 0.5) is 5.69 Å². The number of hydrogen-bond acceptors (Lipinski definition) is 2. The van der Waals surface area contributed by atoms with E-state index in [2.05, 4.69) is 36.9 Å². The van der Waals surface area contributed by atoms with Gasteiger partial charge in [0.05, 0.1) is 12.3 Å². The fourth-order valence-electron chi connectivity index (χ4n) is 2.05. The van der Waals surface area contributed by atoms with Gasteiger partial charge in [-0.3, -0.25) is 0 Å². The molecule has 0 atom stereocenters. The minimum atomic E-state index is 0.729. The molecular formula is C16H27NO. The Bertz CT molecular complexity index is 317. The summed E-state index contributed by atoms with van der Waals surface area (Å²) in [5, 5.41) is 0. The van der Waals surface area contributed by atoms with Crippen LogP contribution in [0.3, 0.4) is 0 Å². The van der Waals surface area contributed by atoms with Gasteiger partial charge in [-0.05, 0) is 31.9 Å². The predicted molar refractivity (Wildman–Crippen MR) is 79.6 cm³/mol. The average Bonchev–Trinajstić information content (AvgIpc) is 2.40. The molecule has 2 heteroatoms. The van der Waals surface area contributed by atoms with Crippen molar-refractivity contribution >= 4 is 5.69 Å². The summed E-state index contributed by atoms with van der Waals surface area (Å²) in [6, 6.07) is 8.40. The number of anilines is 1. The Kier molecular flexibility index (Phi) is 7.31. The zero-order chi connectivity index (χ0) is 13.2. The number of rotatable bonds is 9. The summed E-state index contributed by atoms with van der Waals surface area (Å²) in [4.78, 5) is 2.47. The van der Waals surface area contributed by atoms with Crippen molar-refractivity contribution in [3.63, 3.8) is 0 Å². The molecule has 0 aliphatic heterocycles. The summed E-state index contributed by atoms with van der Waals surface area (Å²) in [6.07, 6.45) is 4.95. The normalized spacial score (nSPS) is 10.4. The summed E-state index contributed by atoms with van der Waals surface area (Å²) < 4.78 is 5.74. The van der Waals surface area contributed by atoms with Crippen molar-refractivity contribution in [3.8, 4) is 5.75 Å². The molecule has 0 spiro atoms. The second kappa shape index (κ2) is 8.84. The van der Waals surface area contributed by atoms with Crippen molar-refractivity contribution in [3.05, 3.63) is 24.3 Å². The quantitative estimate of drug-likeness (QED) is 0.639. The van der Waals surface area contributed by atoms with Crippen molar-refractivity contribution in [1.29, 1.82) is 0 Å². The van der Waals surface area contributed by atoms with Crippen LogP contribution in [-0.2, 0) is 0 Å². The highest BCUT2D eigenvalue weighted by atomic mass is 16.5. The van der Waals surface area contributed by atoms with Gasteiger partial charge in [-0.2, -0.15) is 0 Å². The van der Waals surface area contributed by atoms with Crippen LogP contribution in [0.25, 0.3) is 0 Å². The number of unbranched alkanes of at least 4 members (excludes halogenated alkanes) is 2. The molecule has 1 rings (SSSR count). The van der Waals surface area contributed by atoms with Crippen molar-refractivity contribution in [2.24, 2.45) is 0 Å². The third-order valence-corrected chi connectivity index (χ3v) is 3.07. The highest BCUT2D eigenvalue weighted by Gasteiger charge is 2.10. The largest absolute Gasteiger partial charge is 0.492 e. The summed E-state index contributed by atoms with van der Waals surface area (Å²) in [5.41, 5.74) is 1.25. The summed E-state index contributed by atoms with van der Waals surface area (Å²) in [7, 11) is 0. The summed E-state index contributed by atoms with van der Waals surface area (Å²) in [5.74, 6) is 1.02. The molecule has 0 saturated heterocycles. The first-order valence-electron chi connectivity index (χ1n) is 7.30. The molecule has 0 aromatic heterocycles. The molecule has 1 aromatic carbocycles. The maximum atomic E-state index is 5.74. The van der Waals surface area contributed by atoms with Crippen molar-refractivity contribution in [2.45, 2.75) is 46.5 Å². The van der Waals surface area contributed by atoms with E-state index in [0.717, 1.165) is 25.4 Å². The highest BCUT2D eigenvalue weighted by molar-refractivity contribution is 5.58. The minimum Gasteiger partial charge on any atom is -0.492 e. The average molecular weight is 249 g/mol. The molecule has 0 aliphatic carbocycles. The fourth-order valence-corrected chi connectivity index (χ4v) is 2.05. The Balaban J connectivity index is 2.81. The van der Waals surface area contributed by atoms with E-state index in [1.165, 1.54) is 31.4 Å². The maximum absolute atomic E-state index is 5.74. The van der Waals surface area contributed by atoms with E-state index >= 15 is 0 Å². The lowest BCUT2D eigenvalue weighted by Gasteiger charge is -2.26. The Morgan fingerprint density at radius 3 is 2.11 bits per heavy atom. The van der Waals surface area contributed by atoms with Gasteiger partial charge in [0.25, 0.3) is 0 Å². The molecule has 0 N–H and O–H groups in total. The zero-order valence-corrected chi connectivity index (χ0v) is 12.1. The number of benzene rings is 1. The van der Waals surface area contributed by atoms with E-state index in [1.54, 1.807) is 0 Å². The monoisotopic (exact) mass is 249 g/mol. The van der Waals surface area contributed by atoms with Crippen LogP contribution in [0.1, 0.15) is 46.5 Å². The number of hydrogen-bond donors (Lipinski definition) is 0. The number of nitrogens with zero attached hydrogens (tertiary/aromatic N) is 1. The van der Waals surface area contributed by atoms with E-state index in [9.17, 15) is 0 Å². The van der Waals surface area contributed by atoms with Gasteiger partial charge in [-0.25, -0.2) is 0 Å². The van der Waals surface area contributed by atoms with Gasteiger partial charge >= 0.3 is 0 Å². The Morgan fingerprint density at radius 2 is 1.56 bits per heavy atom.